The number of carbonyl (C=O) groups excluding carboxylic acids is 1. The van der Waals surface area contributed by atoms with Crippen molar-refractivity contribution in [2.24, 2.45) is 0 Å². The van der Waals surface area contributed by atoms with Crippen LogP contribution in [0.15, 0.2) is 24.3 Å². The number of hydrogen-bond donors (Lipinski definition) is 4. The molecule has 0 heterocycles. The van der Waals surface area contributed by atoms with E-state index in [9.17, 15) is 20.1 Å². The lowest BCUT2D eigenvalue weighted by Gasteiger charge is -2.21. The van der Waals surface area contributed by atoms with Gasteiger partial charge in [-0.1, -0.05) is 141 Å². The third-order valence-electron chi connectivity index (χ3n) is 7.54. The first-order valence-electron chi connectivity index (χ1n) is 16.7. The van der Waals surface area contributed by atoms with Crippen LogP contribution in [-0.4, -0.2) is 46.1 Å². The van der Waals surface area contributed by atoms with Crippen LogP contribution in [0.2, 0.25) is 0 Å². The van der Waals surface area contributed by atoms with E-state index in [4.69, 9.17) is 0 Å². The fraction of sp³-hybridized carbons (Fsp3) is 0.853. The van der Waals surface area contributed by atoms with Crippen LogP contribution < -0.4 is 5.32 Å². The van der Waals surface area contributed by atoms with Crippen molar-refractivity contribution in [3.63, 3.8) is 0 Å². The Kier molecular flexibility index (Phi) is 28.9. The van der Waals surface area contributed by atoms with Crippen molar-refractivity contribution in [2.75, 3.05) is 6.61 Å². The van der Waals surface area contributed by atoms with E-state index < -0.39 is 24.2 Å². The number of rotatable bonds is 29. The molecule has 5 heteroatoms. The molecular weight excluding hydrogens is 486 g/mol. The van der Waals surface area contributed by atoms with Crippen LogP contribution in [0.3, 0.4) is 0 Å². The molecule has 0 aromatic rings. The zero-order chi connectivity index (χ0) is 28.8. The average molecular weight is 552 g/mol. The minimum Gasteiger partial charge on any atom is -0.394 e. The van der Waals surface area contributed by atoms with E-state index in [2.05, 4.69) is 31.3 Å². The van der Waals surface area contributed by atoms with Gasteiger partial charge in [0, 0.05) is 0 Å². The monoisotopic (exact) mass is 551 g/mol. The van der Waals surface area contributed by atoms with Crippen molar-refractivity contribution in [1.82, 2.24) is 5.32 Å². The molecule has 0 bridgehead atoms. The number of amides is 1. The molecule has 0 spiro atoms. The maximum Gasteiger partial charge on any atom is 0.249 e. The summed E-state index contributed by atoms with van der Waals surface area (Å²) in [7, 11) is 0. The Bertz CT molecular complexity index is 578. The maximum absolute atomic E-state index is 12.3. The number of allylic oxidation sites excluding steroid dienone is 3. The molecule has 0 aromatic heterocycles. The van der Waals surface area contributed by atoms with E-state index in [1.165, 1.54) is 103 Å². The third kappa shape index (κ3) is 25.5. The van der Waals surface area contributed by atoms with Gasteiger partial charge in [-0.15, -0.1) is 0 Å². The lowest BCUT2D eigenvalue weighted by Crippen LogP contribution is -2.48. The Hall–Kier alpha value is -1.17. The second kappa shape index (κ2) is 29.8. The van der Waals surface area contributed by atoms with Gasteiger partial charge in [-0.2, -0.15) is 0 Å². The van der Waals surface area contributed by atoms with Gasteiger partial charge in [-0.25, -0.2) is 0 Å². The highest BCUT2D eigenvalue weighted by molar-refractivity contribution is 5.80. The number of nitrogens with one attached hydrogen (secondary N) is 1. The quantitative estimate of drug-likeness (QED) is 0.0556. The van der Waals surface area contributed by atoms with Gasteiger partial charge in [0.15, 0.2) is 0 Å². The molecule has 5 nitrogen and oxygen atoms in total. The lowest BCUT2D eigenvalue weighted by molar-refractivity contribution is -0.131. The van der Waals surface area contributed by atoms with Crippen molar-refractivity contribution in [3.8, 4) is 0 Å². The van der Waals surface area contributed by atoms with Crippen LogP contribution >= 0.6 is 0 Å². The highest BCUT2D eigenvalue weighted by atomic mass is 16.3. The van der Waals surface area contributed by atoms with Crippen molar-refractivity contribution >= 4 is 5.91 Å². The topological polar surface area (TPSA) is 89.8 Å². The van der Waals surface area contributed by atoms with Crippen LogP contribution in [-0.2, 0) is 4.79 Å². The molecule has 3 unspecified atom stereocenters. The molecule has 0 aromatic carbocycles. The number of aliphatic hydroxyl groups excluding tert-OH is 3. The Labute approximate surface area is 241 Å². The zero-order valence-corrected chi connectivity index (χ0v) is 25.8. The maximum atomic E-state index is 12.3. The summed E-state index contributed by atoms with van der Waals surface area (Å²) in [6.07, 6.45) is 33.3. The Balaban J connectivity index is 3.84. The number of aliphatic hydroxyl groups is 3. The van der Waals surface area contributed by atoms with Gasteiger partial charge in [-0.05, 0) is 44.9 Å². The summed E-state index contributed by atoms with van der Waals surface area (Å²) in [5.74, 6) is -0.523. The van der Waals surface area contributed by atoms with Crippen LogP contribution in [0.4, 0.5) is 0 Å². The number of unbranched alkanes of at least 4 members (excludes halogenated alkanes) is 19. The van der Waals surface area contributed by atoms with Gasteiger partial charge in [0.2, 0.25) is 5.91 Å². The normalized spacial score (nSPS) is 14.3. The molecule has 0 aliphatic heterocycles. The molecule has 4 N–H and O–H groups in total. The fourth-order valence-corrected chi connectivity index (χ4v) is 4.82. The smallest absolute Gasteiger partial charge is 0.249 e. The van der Waals surface area contributed by atoms with E-state index in [0.717, 1.165) is 38.5 Å². The van der Waals surface area contributed by atoms with Crippen molar-refractivity contribution in [1.29, 1.82) is 0 Å². The van der Waals surface area contributed by atoms with E-state index in [-0.39, 0.29) is 6.61 Å². The molecule has 0 saturated carbocycles. The summed E-state index contributed by atoms with van der Waals surface area (Å²) in [6.45, 7) is 4.13. The van der Waals surface area contributed by atoms with E-state index in [0.29, 0.717) is 6.42 Å². The SMILES string of the molecule is CCCCCCCC/C=C\CCCCC(O)C(=O)NC(CO)C(O)/C=C/CCCCCCCCCCCCC. The van der Waals surface area contributed by atoms with Crippen LogP contribution in [0.1, 0.15) is 162 Å². The molecular formula is C34H65NO4. The van der Waals surface area contributed by atoms with Crippen molar-refractivity contribution in [2.45, 2.75) is 180 Å². The Morgan fingerprint density at radius 1 is 0.615 bits per heavy atom. The second-order valence-corrected chi connectivity index (χ2v) is 11.4. The Morgan fingerprint density at radius 2 is 1.03 bits per heavy atom. The van der Waals surface area contributed by atoms with Crippen LogP contribution in [0.5, 0.6) is 0 Å². The average Bonchev–Trinajstić information content (AvgIpc) is 2.94. The third-order valence-corrected chi connectivity index (χ3v) is 7.54. The number of hydrogen-bond acceptors (Lipinski definition) is 4. The summed E-state index contributed by atoms with van der Waals surface area (Å²) in [5.41, 5.74) is 0. The first-order valence-corrected chi connectivity index (χ1v) is 16.7. The summed E-state index contributed by atoms with van der Waals surface area (Å²) < 4.78 is 0. The molecule has 0 aliphatic rings. The fourth-order valence-electron chi connectivity index (χ4n) is 4.82. The van der Waals surface area contributed by atoms with Crippen molar-refractivity contribution < 1.29 is 20.1 Å². The molecule has 0 radical (unpaired) electrons. The molecule has 0 fully saturated rings. The van der Waals surface area contributed by atoms with E-state index in [1.807, 2.05) is 6.08 Å². The minimum absolute atomic E-state index is 0.369. The summed E-state index contributed by atoms with van der Waals surface area (Å²) >= 11 is 0. The van der Waals surface area contributed by atoms with Gasteiger partial charge in [0.05, 0.1) is 18.8 Å². The zero-order valence-electron chi connectivity index (χ0n) is 25.8. The van der Waals surface area contributed by atoms with Crippen LogP contribution in [0, 0.1) is 0 Å². The van der Waals surface area contributed by atoms with Gasteiger partial charge < -0.3 is 20.6 Å². The van der Waals surface area contributed by atoms with Gasteiger partial charge in [0.1, 0.15) is 6.10 Å². The molecule has 39 heavy (non-hydrogen) atoms. The predicted molar refractivity (Wildman–Crippen MR) is 167 cm³/mol. The lowest BCUT2D eigenvalue weighted by atomic mass is 10.0. The highest BCUT2D eigenvalue weighted by Gasteiger charge is 2.22. The molecule has 0 aliphatic carbocycles. The van der Waals surface area contributed by atoms with Gasteiger partial charge in [-0.3, -0.25) is 4.79 Å². The molecule has 0 saturated heterocycles. The summed E-state index contributed by atoms with van der Waals surface area (Å²) in [6, 6.07) is -0.800. The first kappa shape index (κ1) is 37.8. The summed E-state index contributed by atoms with van der Waals surface area (Å²) in [4.78, 5) is 12.3. The predicted octanol–water partition coefficient (Wildman–Crippen LogP) is 8.31. The van der Waals surface area contributed by atoms with Gasteiger partial charge in [0.25, 0.3) is 0 Å². The molecule has 0 rings (SSSR count). The van der Waals surface area contributed by atoms with E-state index in [1.54, 1.807) is 6.08 Å². The molecule has 230 valence electrons. The first-order chi connectivity index (χ1) is 19.1. The largest absolute Gasteiger partial charge is 0.394 e. The van der Waals surface area contributed by atoms with Crippen molar-refractivity contribution in [3.05, 3.63) is 24.3 Å². The number of carbonyl (C=O) groups is 1. The minimum atomic E-state index is -1.11. The van der Waals surface area contributed by atoms with Gasteiger partial charge >= 0.3 is 0 Å². The highest BCUT2D eigenvalue weighted by Crippen LogP contribution is 2.13. The standard InChI is InChI=1S/C34H65NO4/c1-3-5-7-9-11-13-15-17-19-20-22-24-26-28-32(37)31(30-36)35-34(39)33(38)29-27-25-23-21-18-16-14-12-10-8-6-4-2/h18,21,26,28,31-33,36-38H,3-17,19-20,22-25,27,29-30H2,1-2H3,(H,35,39)/b21-18-,28-26+. The Morgan fingerprint density at radius 3 is 1.49 bits per heavy atom. The second-order valence-electron chi connectivity index (χ2n) is 11.4. The summed E-state index contributed by atoms with van der Waals surface area (Å²) in [5, 5.41) is 32.8. The molecule has 3 atom stereocenters. The van der Waals surface area contributed by atoms with Crippen LogP contribution in [0.25, 0.3) is 0 Å². The van der Waals surface area contributed by atoms with E-state index >= 15 is 0 Å². The molecule has 1 amide bonds.